The molecule has 32 heavy (non-hydrogen) atoms. The largest absolute Gasteiger partial charge is 0.378 e. The van der Waals surface area contributed by atoms with E-state index >= 15 is 0 Å². The lowest BCUT2D eigenvalue weighted by atomic mass is 10.2. The van der Waals surface area contributed by atoms with Crippen molar-refractivity contribution in [3.8, 4) is 5.69 Å². The normalized spacial score (nSPS) is 18.4. The van der Waals surface area contributed by atoms with Crippen molar-refractivity contribution in [3.63, 3.8) is 0 Å². The summed E-state index contributed by atoms with van der Waals surface area (Å²) >= 11 is 0. The fourth-order valence-corrected chi connectivity index (χ4v) is 5.29. The molecule has 2 aliphatic rings. The Morgan fingerprint density at radius 3 is 2.34 bits per heavy atom. The quantitative estimate of drug-likeness (QED) is 0.653. The van der Waals surface area contributed by atoms with Gasteiger partial charge in [-0.1, -0.05) is 6.07 Å². The van der Waals surface area contributed by atoms with E-state index in [4.69, 9.17) is 4.74 Å². The molecule has 0 saturated carbocycles. The summed E-state index contributed by atoms with van der Waals surface area (Å²) in [6, 6.07) is 5.76. The smallest absolute Gasteiger partial charge is 0.297 e. The lowest BCUT2D eigenvalue weighted by Gasteiger charge is -2.38. The zero-order valence-electron chi connectivity index (χ0n) is 18.3. The van der Waals surface area contributed by atoms with Gasteiger partial charge in [0.1, 0.15) is 11.5 Å². The summed E-state index contributed by atoms with van der Waals surface area (Å²) < 4.78 is 47.0. The maximum Gasteiger partial charge on any atom is 0.297 e. The van der Waals surface area contributed by atoms with Crippen LogP contribution >= 0.6 is 0 Å². The summed E-state index contributed by atoms with van der Waals surface area (Å²) in [4.78, 5) is 17.5. The van der Waals surface area contributed by atoms with Crippen molar-refractivity contribution in [2.45, 2.75) is 19.1 Å². The summed E-state index contributed by atoms with van der Waals surface area (Å²) in [5, 5.41) is 3.85. The maximum absolute atomic E-state index is 13.8. The van der Waals surface area contributed by atoms with Crippen LogP contribution in [0.3, 0.4) is 0 Å². The minimum Gasteiger partial charge on any atom is -0.378 e. The first-order chi connectivity index (χ1) is 15.3. The van der Waals surface area contributed by atoms with Gasteiger partial charge in [0, 0.05) is 39.3 Å². The standard InChI is InChI=1S/C21H28FN5O4S/c1-16(2)32(29,30)26-8-6-24(7-9-26)19-15-23-27(18-5-3-4-17(22)14-18)21(28)20(19)25-10-12-31-13-11-25/h3-5,14-16H,6-13H2,1-2H3. The summed E-state index contributed by atoms with van der Waals surface area (Å²) in [5.74, 6) is -0.448. The van der Waals surface area contributed by atoms with Crippen LogP contribution in [0.15, 0.2) is 35.3 Å². The van der Waals surface area contributed by atoms with Gasteiger partial charge in [-0.05, 0) is 32.0 Å². The molecule has 0 bridgehead atoms. The number of benzene rings is 1. The monoisotopic (exact) mass is 465 g/mol. The molecule has 3 heterocycles. The molecule has 0 atom stereocenters. The Hall–Kier alpha value is -2.50. The topological polar surface area (TPSA) is 88.0 Å². The van der Waals surface area contributed by atoms with Gasteiger partial charge in [-0.25, -0.2) is 12.8 Å². The first kappa shape index (κ1) is 22.7. The molecule has 11 heteroatoms. The molecule has 1 aromatic carbocycles. The molecule has 1 aromatic heterocycles. The van der Waals surface area contributed by atoms with E-state index in [2.05, 4.69) is 5.10 Å². The molecular weight excluding hydrogens is 437 g/mol. The van der Waals surface area contributed by atoms with Gasteiger partial charge in [0.15, 0.2) is 0 Å². The Morgan fingerprint density at radius 1 is 1.03 bits per heavy atom. The summed E-state index contributed by atoms with van der Waals surface area (Å²) in [5.41, 5.74) is 1.15. The third-order valence-corrected chi connectivity index (χ3v) is 8.12. The highest BCUT2D eigenvalue weighted by Gasteiger charge is 2.32. The van der Waals surface area contributed by atoms with Gasteiger partial charge in [-0.15, -0.1) is 0 Å². The Kier molecular flexibility index (Phi) is 6.50. The van der Waals surface area contributed by atoms with Crippen molar-refractivity contribution >= 4 is 21.4 Å². The first-order valence-corrected chi connectivity index (χ1v) is 12.2. The van der Waals surface area contributed by atoms with Crippen LogP contribution in [0.5, 0.6) is 0 Å². The number of nitrogens with zero attached hydrogens (tertiary/aromatic N) is 5. The molecule has 2 aromatic rings. The highest BCUT2D eigenvalue weighted by molar-refractivity contribution is 7.89. The van der Waals surface area contributed by atoms with Crippen LogP contribution in [-0.4, -0.2) is 80.2 Å². The maximum atomic E-state index is 13.8. The molecule has 0 N–H and O–H groups in total. The average Bonchev–Trinajstić information content (AvgIpc) is 2.79. The predicted octanol–water partition coefficient (Wildman–Crippen LogP) is 1.07. The molecule has 0 aliphatic carbocycles. The van der Waals surface area contributed by atoms with Crippen LogP contribution in [0.25, 0.3) is 5.69 Å². The van der Waals surface area contributed by atoms with E-state index in [0.717, 1.165) is 0 Å². The number of hydrogen-bond donors (Lipinski definition) is 0. The number of aromatic nitrogens is 2. The Morgan fingerprint density at radius 2 is 1.72 bits per heavy atom. The molecule has 0 amide bonds. The minimum absolute atomic E-state index is 0.341. The molecular formula is C21H28FN5O4S. The number of sulfonamides is 1. The van der Waals surface area contributed by atoms with Gasteiger partial charge < -0.3 is 14.5 Å². The van der Waals surface area contributed by atoms with Gasteiger partial charge in [0.25, 0.3) is 5.56 Å². The fourth-order valence-electron chi connectivity index (χ4n) is 4.02. The third kappa shape index (κ3) is 4.37. The molecule has 0 spiro atoms. The Balaban J connectivity index is 1.69. The molecule has 0 unspecified atom stereocenters. The number of morpholine rings is 1. The lowest BCUT2D eigenvalue weighted by Crippen LogP contribution is -2.51. The summed E-state index contributed by atoms with van der Waals surface area (Å²) in [7, 11) is -3.33. The Labute approximate surface area is 187 Å². The highest BCUT2D eigenvalue weighted by Crippen LogP contribution is 2.28. The zero-order valence-corrected chi connectivity index (χ0v) is 19.1. The van der Waals surface area contributed by atoms with Gasteiger partial charge in [-0.2, -0.15) is 14.1 Å². The second kappa shape index (κ2) is 9.16. The van der Waals surface area contributed by atoms with Crippen LogP contribution in [-0.2, 0) is 14.8 Å². The van der Waals surface area contributed by atoms with Crippen molar-refractivity contribution < 1.29 is 17.5 Å². The van der Waals surface area contributed by atoms with Crippen molar-refractivity contribution in [1.82, 2.24) is 14.1 Å². The third-order valence-electron chi connectivity index (χ3n) is 5.85. The van der Waals surface area contributed by atoms with Crippen LogP contribution in [0.1, 0.15) is 13.8 Å². The van der Waals surface area contributed by atoms with Gasteiger partial charge >= 0.3 is 0 Å². The van der Waals surface area contributed by atoms with E-state index < -0.39 is 21.1 Å². The number of halogens is 1. The summed E-state index contributed by atoms with van der Waals surface area (Å²) in [6.45, 7) is 7.05. The van der Waals surface area contributed by atoms with Crippen molar-refractivity contribution in [1.29, 1.82) is 0 Å². The van der Waals surface area contributed by atoms with Crippen molar-refractivity contribution in [2.24, 2.45) is 0 Å². The molecule has 2 saturated heterocycles. The van der Waals surface area contributed by atoms with Gasteiger partial charge in [0.2, 0.25) is 10.0 Å². The molecule has 2 fully saturated rings. The number of ether oxygens (including phenoxy) is 1. The average molecular weight is 466 g/mol. The van der Waals surface area contributed by atoms with E-state index in [1.54, 1.807) is 26.1 Å². The van der Waals surface area contributed by atoms with Gasteiger partial charge in [0.05, 0.1) is 36.0 Å². The number of rotatable bonds is 5. The van der Waals surface area contributed by atoms with Crippen LogP contribution < -0.4 is 15.4 Å². The number of piperazine rings is 1. The predicted molar refractivity (Wildman–Crippen MR) is 121 cm³/mol. The molecule has 4 rings (SSSR count). The van der Waals surface area contributed by atoms with E-state index in [9.17, 15) is 17.6 Å². The van der Waals surface area contributed by atoms with Crippen molar-refractivity contribution in [3.05, 3.63) is 46.6 Å². The molecule has 0 radical (unpaired) electrons. The number of hydrogen-bond acceptors (Lipinski definition) is 7. The van der Waals surface area contributed by atoms with E-state index in [1.165, 1.54) is 27.2 Å². The zero-order chi connectivity index (χ0) is 22.9. The molecule has 2 aliphatic heterocycles. The van der Waals surface area contributed by atoms with Crippen LogP contribution in [0, 0.1) is 5.82 Å². The van der Waals surface area contributed by atoms with Crippen LogP contribution in [0.2, 0.25) is 0 Å². The summed E-state index contributed by atoms with van der Waals surface area (Å²) in [6.07, 6.45) is 1.61. The van der Waals surface area contributed by atoms with Crippen LogP contribution in [0.4, 0.5) is 15.8 Å². The fraction of sp³-hybridized carbons (Fsp3) is 0.524. The molecule has 174 valence electrons. The molecule has 9 nitrogen and oxygen atoms in total. The Bertz CT molecular complexity index is 1120. The first-order valence-electron chi connectivity index (χ1n) is 10.7. The SMILES string of the molecule is CC(C)S(=O)(=O)N1CCN(c2cnn(-c3cccc(F)c3)c(=O)c2N2CCOCC2)CC1. The number of anilines is 2. The second-order valence-electron chi connectivity index (χ2n) is 8.15. The lowest BCUT2D eigenvalue weighted by molar-refractivity contribution is 0.122. The van der Waals surface area contributed by atoms with E-state index in [1.807, 2.05) is 9.80 Å². The van der Waals surface area contributed by atoms with E-state index in [0.29, 0.717) is 69.5 Å². The highest BCUT2D eigenvalue weighted by atomic mass is 32.2. The van der Waals surface area contributed by atoms with Gasteiger partial charge in [-0.3, -0.25) is 4.79 Å². The minimum atomic E-state index is -3.33. The van der Waals surface area contributed by atoms with E-state index in [-0.39, 0.29) is 5.56 Å². The second-order valence-corrected chi connectivity index (χ2v) is 10.6. The van der Waals surface area contributed by atoms with Crippen molar-refractivity contribution in [2.75, 3.05) is 62.3 Å².